The number of rotatable bonds is 6. The smallest absolute Gasteiger partial charge is 0.315 e. The predicted molar refractivity (Wildman–Crippen MR) is 90.8 cm³/mol. The minimum absolute atomic E-state index is 0.198. The van der Waals surface area contributed by atoms with Gasteiger partial charge in [-0.05, 0) is 35.9 Å². The monoisotopic (exact) mass is 344 g/mol. The minimum atomic E-state index is -0.256. The fourth-order valence-electron chi connectivity index (χ4n) is 2.31. The molecule has 3 rings (SSSR count). The first-order chi connectivity index (χ1) is 11.7. The van der Waals surface area contributed by atoms with E-state index >= 15 is 0 Å². The number of carbonyl (C=O) groups is 1. The number of carbonyl (C=O) groups excluding carboxylic acids is 1. The normalized spacial score (nSPS) is 11.9. The molecule has 7 heteroatoms. The lowest BCUT2D eigenvalue weighted by atomic mass is 10.2. The van der Waals surface area contributed by atoms with Gasteiger partial charge in [0.25, 0.3) is 0 Å². The summed E-state index contributed by atoms with van der Waals surface area (Å²) < 4.78 is 7.20. The van der Waals surface area contributed by atoms with Crippen molar-refractivity contribution < 1.29 is 9.21 Å². The zero-order valence-corrected chi connectivity index (χ0v) is 13.6. The lowest BCUT2D eigenvalue weighted by molar-refractivity contribution is 0.238. The first kappa shape index (κ1) is 16.1. The van der Waals surface area contributed by atoms with Crippen LogP contribution in [0.4, 0.5) is 4.79 Å². The average Bonchev–Trinajstić information content (AvgIpc) is 3.29. The van der Waals surface area contributed by atoms with Gasteiger partial charge in [-0.25, -0.2) is 4.79 Å². The van der Waals surface area contributed by atoms with Crippen LogP contribution in [0.15, 0.2) is 65.5 Å². The third kappa shape index (κ3) is 4.17. The van der Waals surface area contributed by atoms with Crippen molar-refractivity contribution in [1.82, 2.24) is 20.4 Å². The summed E-state index contributed by atoms with van der Waals surface area (Å²) in [5.41, 5.74) is 0.976. The summed E-state index contributed by atoms with van der Waals surface area (Å²) in [7, 11) is 0. The third-order valence-corrected chi connectivity index (χ3v) is 3.79. The molecule has 24 heavy (non-hydrogen) atoms. The van der Waals surface area contributed by atoms with Gasteiger partial charge in [0.2, 0.25) is 0 Å². The Balaban J connectivity index is 1.54. The van der Waals surface area contributed by atoms with E-state index in [0.29, 0.717) is 18.1 Å². The number of benzene rings is 1. The van der Waals surface area contributed by atoms with Gasteiger partial charge in [-0.2, -0.15) is 5.10 Å². The number of nitrogens with one attached hydrogen (secondary N) is 2. The van der Waals surface area contributed by atoms with Gasteiger partial charge in [-0.15, -0.1) is 0 Å². The highest BCUT2D eigenvalue weighted by molar-refractivity contribution is 6.30. The number of nitrogens with zero attached hydrogens (tertiary/aromatic N) is 2. The molecule has 2 N–H and O–H groups in total. The molecule has 0 spiro atoms. The first-order valence-electron chi connectivity index (χ1n) is 7.51. The van der Waals surface area contributed by atoms with Crippen LogP contribution in [0.5, 0.6) is 0 Å². The molecule has 2 heterocycles. The Morgan fingerprint density at radius 2 is 2.04 bits per heavy atom. The number of hydrogen-bond donors (Lipinski definition) is 2. The minimum Gasteiger partial charge on any atom is -0.467 e. The quantitative estimate of drug-likeness (QED) is 0.721. The molecule has 0 radical (unpaired) electrons. The van der Waals surface area contributed by atoms with Crippen molar-refractivity contribution in [3.8, 4) is 0 Å². The zero-order chi connectivity index (χ0) is 16.8. The van der Waals surface area contributed by atoms with Gasteiger partial charge >= 0.3 is 6.03 Å². The van der Waals surface area contributed by atoms with Crippen LogP contribution in [-0.2, 0) is 6.54 Å². The lowest BCUT2D eigenvalue weighted by Gasteiger charge is -2.16. The molecule has 0 bridgehead atoms. The first-order valence-corrected chi connectivity index (χ1v) is 7.89. The highest BCUT2D eigenvalue weighted by Crippen LogP contribution is 2.17. The summed E-state index contributed by atoms with van der Waals surface area (Å²) in [6, 6.07) is 12.4. The van der Waals surface area contributed by atoms with Crippen molar-refractivity contribution in [2.45, 2.75) is 12.6 Å². The molecule has 2 aromatic heterocycles. The van der Waals surface area contributed by atoms with Crippen LogP contribution < -0.4 is 10.6 Å². The molecule has 6 nitrogen and oxygen atoms in total. The highest BCUT2D eigenvalue weighted by atomic mass is 35.5. The summed E-state index contributed by atoms with van der Waals surface area (Å²) in [5, 5.41) is 10.5. The van der Waals surface area contributed by atoms with Crippen LogP contribution in [0, 0.1) is 0 Å². The molecule has 0 saturated heterocycles. The second kappa shape index (κ2) is 7.70. The van der Waals surface area contributed by atoms with Crippen LogP contribution in [0.3, 0.4) is 0 Å². The maximum atomic E-state index is 12.0. The van der Waals surface area contributed by atoms with Gasteiger partial charge < -0.3 is 15.1 Å². The summed E-state index contributed by atoms with van der Waals surface area (Å²) in [6.45, 7) is 0.790. The molecule has 2 amide bonds. The van der Waals surface area contributed by atoms with Crippen molar-refractivity contribution in [2.24, 2.45) is 0 Å². The van der Waals surface area contributed by atoms with Crippen molar-refractivity contribution in [1.29, 1.82) is 0 Å². The molecule has 0 unspecified atom stereocenters. The Morgan fingerprint density at radius 3 is 2.71 bits per heavy atom. The predicted octanol–water partition coefficient (Wildman–Crippen LogP) is 3.22. The molecule has 0 saturated carbocycles. The van der Waals surface area contributed by atoms with E-state index in [4.69, 9.17) is 16.0 Å². The van der Waals surface area contributed by atoms with E-state index in [-0.39, 0.29) is 12.1 Å². The van der Waals surface area contributed by atoms with E-state index in [0.717, 1.165) is 11.3 Å². The van der Waals surface area contributed by atoms with Crippen LogP contribution in [0.1, 0.15) is 17.4 Å². The Bertz CT molecular complexity index is 720. The molecular formula is C17H17ClN4O2. The number of amides is 2. The van der Waals surface area contributed by atoms with Crippen molar-refractivity contribution in [3.05, 3.63) is 77.5 Å². The summed E-state index contributed by atoms with van der Waals surface area (Å²) in [6.07, 6.45) is 5.13. The maximum absolute atomic E-state index is 12.0. The van der Waals surface area contributed by atoms with Crippen LogP contribution in [0.25, 0.3) is 0 Å². The third-order valence-electron chi connectivity index (χ3n) is 3.54. The molecule has 0 aliphatic carbocycles. The number of aromatic nitrogens is 2. The summed E-state index contributed by atoms with van der Waals surface area (Å²) >= 11 is 5.84. The van der Waals surface area contributed by atoms with E-state index < -0.39 is 0 Å². The van der Waals surface area contributed by atoms with Gasteiger partial charge in [0.1, 0.15) is 11.8 Å². The summed E-state index contributed by atoms with van der Waals surface area (Å²) in [4.78, 5) is 12.0. The Morgan fingerprint density at radius 1 is 1.21 bits per heavy atom. The molecule has 1 aromatic carbocycles. The van der Waals surface area contributed by atoms with E-state index in [9.17, 15) is 4.79 Å². The van der Waals surface area contributed by atoms with E-state index in [1.165, 1.54) is 0 Å². The fraction of sp³-hybridized carbons (Fsp3) is 0.176. The van der Waals surface area contributed by atoms with Crippen molar-refractivity contribution in [2.75, 3.05) is 6.54 Å². The van der Waals surface area contributed by atoms with Gasteiger partial charge in [0.15, 0.2) is 0 Å². The lowest BCUT2D eigenvalue weighted by Crippen LogP contribution is -2.38. The van der Waals surface area contributed by atoms with E-state index in [2.05, 4.69) is 15.7 Å². The van der Waals surface area contributed by atoms with Crippen LogP contribution in [-0.4, -0.2) is 22.4 Å². The molecule has 1 atom stereocenters. The van der Waals surface area contributed by atoms with Crippen molar-refractivity contribution >= 4 is 17.6 Å². The number of urea groups is 1. The molecule has 0 aliphatic heterocycles. The van der Waals surface area contributed by atoms with Gasteiger partial charge in [0, 0.05) is 30.5 Å². The molecular weight excluding hydrogens is 328 g/mol. The number of hydrogen-bond acceptors (Lipinski definition) is 3. The number of furan rings is 1. The maximum Gasteiger partial charge on any atom is 0.315 e. The zero-order valence-electron chi connectivity index (χ0n) is 12.9. The largest absolute Gasteiger partial charge is 0.467 e. The molecule has 124 valence electrons. The SMILES string of the molecule is O=C(NCc1ccc(Cl)cc1)NC[C@@H](c1ccco1)n1cccn1. The van der Waals surface area contributed by atoms with Crippen LogP contribution in [0.2, 0.25) is 5.02 Å². The highest BCUT2D eigenvalue weighted by Gasteiger charge is 2.17. The second-order valence-electron chi connectivity index (χ2n) is 5.21. The molecule has 3 aromatic rings. The fourth-order valence-corrected chi connectivity index (χ4v) is 2.43. The van der Waals surface area contributed by atoms with Crippen molar-refractivity contribution in [3.63, 3.8) is 0 Å². The average molecular weight is 345 g/mol. The summed E-state index contributed by atoms with van der Waals surface area (Å²) in [5.74, 6) is 0.733. The number of halogens is 1. The second-order valence-corrected chi connectivity index (χ2v) is 5.64. The topological polar surface area (TPSA) is 72.1 Å². The van der Waals surface area contributed by atoms with Gasteiger partial charge in [-0.3, -0.25) is 4.68 Å². The van der Waals surface area contributed by atoms with E-state index in [1.807, 2.05) is 36.5 Å². The molecule has 0 aliphatic rings. The Kier molecular flexibility index (Phi) is 5.18. The Labute approximate surface area is 144 Å². The van der Waals surface area contributed by atoms with Gasteiger partial charge in [0.05, 0.1) is 6.26 Å². The van der Waals surface area contributed by atoms with E-state index in [1.54, 1.807) is 29.3 Å². The molecule has 0 fully saturated rings. The van der Waals surface area contributed by atoms with Crippen LogP contribution >= 0.6 is 11.6 Å². The Hall–Kier alpha value is -2.73. The van der Waals surface area contributed by atoms with Gasteiger partial charge in [-0.1, -0.05) is 23.7 Å². The standard InChI is InChI=1S/C17H17ClN4O2/c18-14-6-4-13(5-7-14)11-19-17(23)20-12-15(16-3-1-10-24-16)22-9-2-8-21-22/h1-10,15H,11-12H2,(H2,19,20,23)/t15-/m0/s1.